The predicted molar refractivity (Wildman–Crippen MR) is 184 cm³/mol. The van der Waals surface area contributed by atoms with Gasteiger partial charge in [0.25, 0.3) is 0 Å². The maximum absolute atomic E-state index is 5.13. The van der Waals surface area contributed by atoms with Crippen LogP contribution < -0.4 is 0 Å². The Kier molecular flexibility index (Phi) is 5.80. The highest BCUT2D eigenvalue weighted by Crippen LogP contribution is 2.34. The first-order chi connectivity index (χ1) is 22.6. The molecule has 0 aliphatic heterocycles. The first-order valence-corrected chi connectivity index (χ1v) is 15.2. The van der Waals surface area contributed by atoms with Crippen molar-refractivity contribution in [3.63, 3.8) is 0 Å². The molecule has 0 unspecified atom stereocenters. The van der Waals surface area contributed by atoms with Gasteiger partial charge in [0, 0.05) is 46.3 Å². The lowest BCUT2D eigenvalue weighted by atomic mass is 10.1. The lowest BCUT2D eigenvalue weighted by Gasteiger charge is -2.11. The number of nitrogens with zero attached hydrogens (tertiary/aromatic N) is 7. The van der Waals surface area contributed by atoms with E-state index in [0.29, 0.717) is 0 Å². The fraction of sp³-hybridized carbons (Fsp3) is 0.0513. The van der Waals surface area contributed by atoms with Crippen LogP contribution in [0, 0.1) is 13.8 Å². The second kappa shape index (κ2) is 10.2. The third-order valence-electron chi connectivity index (χ3n) is 8.65. The quantitative estimate of drug-likeness (QED) is 0.204. The van der Waals surface area contributed by atoms with Crippen LogP contribution in [0.4, 0.5) is 0 Å². The van der Waals surface area contributed by atoms with Crippen molar-refractivity contribution in [2.75, 3.05) is 0 Å². The van der Waals surface area contributed by atoms with Crippen LogP contribution in [0.5, 0.6) is 0 Å². The van der Waals surface area contributed by atoms with E-state index in [0.717, 1.165) is 78.0 Å². The van der Waals surface area contributed by atoms with Crippen molar-refractivity contribution >= 4 is 43.6 Å². The highest BCUT2D eigenvalue weighted by atomic mass is 15.1. The van der Waals surface area contributed by atoms with Gasteiger partial charge in [0.05, 0.1) is 44.8 Å². The molecule has 2 aromatic carbocycles. The summed E-state index contributed by atoms with van der Waals surface area (Å²) in [5, 5.41) is 4.54. The molecule has 9 rings (SSSR count). The van der Waals surface area contributed by atoms with Crippen LogP contribution in [-0.2, 0) is 0 Å². The molecule has 0 radical (unpaired) electrons. The fourth-order valence-electron chi connectivity index (χ4n) is 6.55. The molecule has 0 saturated heterocycles. The minimum Gasteiger partial charge on any atom is -0.294 e. The van der Waals surface area contributed by atoms with Crippen molar-refractivity contribution in [1.29, 1.82) is 0 Å². The first kappa shape index (κ1) is 26.2. The maximum atomic E-state index is 5.13. The van der Waals surface area contributed by atoms with E-state index in [1.165, 1.54) is 11.1 Å². The zero-order chi connectivity index (χ0) is 30.8. The monoisotopic (exact) mass is 593 g/mol. The number of hydrogen-bond acceptors (Lipinski definition) is 5. The molecule has 218 valence electrons. The molecule has 0 aliphatic carbocycles. The zero-order valence-electron chi connectivity index (χ0n) is 25.3. The van der Waals surface area contributed by atoms with Crippen molar-refractivity contribution in [3.8, 4) is 34.4 Å². The Labute approximate surface area is 264 Å². The smallest absolute Gasteiger partial charge is 0.138 e. The molecule has 46 heavy (non-hydrogen) atoms. The van der Waals surface area contributed by atoms with Crippen LogP contribution in [0.1, 0.15) is 11.1 Å². The SMILES string of the molecule is Cc1ccc2c(c1)c1cnccc1n2-c1cccc(-c2cccc(-c3cccc(-n4c5ccncc5c5cc(C)ccc54)n3)n2)n1. The average Bonchev–Trinajstić information content (AvgIpc) is 3.60. The van der Waals surface area contributed by atoms with E-state index in [4.69, 9.17) is 15.0 Å². The molecule has 7 aromatic heterocycles. The molecule has 0 saturated carbocycles. The third kappa shape index (κ3) is 4.09. The summed E-state index contributed by atoms with van der Waals surface area (Å²) in [6, 6.07) is 35.3. The van der Waals surface area contributed by atoms with Gasteiger partial charge in [-0.2, -0.15) is 0 Å². The molecule has 7 nitrogen and oxygen atoms in total. The van der Waals surface area contributed by atoms with Crippen LogP contribution in [0.25, 0.3) is 78.0 Å². The van der Waals surface area contributed by atoms with Gasteiger partial charge in [0.2, 0.25) is 0 Å². The maximum Gasteiger partial charge on any atom is 0.138 e. The molecule has 0 N–H and O–H groups in total. The lowest BCUT2D eigenvalue weighted by Crippen LogP contribution is -2.01. The summed E-state index contributed by atoms with van der Waals surface area (Å²) >= 11 is 0. The van der Waals surface area contributed by atoms with Crippen molar-refractivity contribution in [2.45, 2.75) is 13.8 Å². The summed E-state index contributed by atoms with van der Waals surface area (Å²) in [7, 11) is 0. The van der Waals surface area contributed by atoms with Gasteiger partial charge in [-0.3, -0.25) is 19.1 Å². The lowest BCUT2D eigenvalue weighted by molar-refractivity contribution is 1.07. The molecule has 0 aliphatic rings. The van der Waals surface area contributed by atoms with Crippen molar-refractivity contribution < 1.29 is 0 Å². The van der Waals surface area contributed by atoms with E-state index in [1.54, 1.807) is 0 Å². The molecule has 0 atom stereocenters. The van der Waals surface area contributed by atoms with Crippen LogP contribution in [0.3, 0.4) is 0 Å². The second-order valence-electron chi connectivity index (χ2n) is 11.7. The Morgan fingerprint density at radius 3 is 1.30 bits per heavy atom. The largest absolute Gasteiger partial charge is 0.294 e. The summed E-state index contributed by atoms with van der Waals surface area (Å²) in [5.41, 5.74) is 9.88. The Hall–Kier alpha value is -6.21. The Morgan fingerprint density at radius 2 is 0.826 bits per heavy atom. The van der Waals surface area contributed by atoms with Gasteiger partial charge >= 0.3 is 0 Å². The summed E-state index contributed by atoms with van der Waals surface area (Å²) in [6.45, 7) is 4.23. The van der Waals surface area contributed by atoms with Crippen LogP contribution in [0.15, 0.2) is 128 Å². The molecule has 9 aromatic rings. The van der Waals surface area contributed by atoms with Gasteiger partial charge in [0.15, 0.2) is 0 Å². The number of fused-ring (bicyclic) bond motifs is 6. The number of aryl methyl sites for hydroxylation is 2. The zero-order valence-corrected chi connectivity index (χ0v) is 25.3. The molecule has 0 fully saturated rings. The minimum atomic E-state index is 0.781. The van der Waals surface area contributed by atoms with Gasteiger partial charge in [-0.15, -0.1) is 0 Å². The molecule has 0 amide bonds. The molecule has 7 heteroatoms. The molecule has 0 spiro atoms. The summed E-state index contributed by atoms with van der Waals surface area (Å²) in [4.78, 5) is 24.1. The normalized spacial score (nSPS) is 11.7. The van der Waals surface area contributed by atoms with Gasteiger partial charge in [-0.25, -0.2) is 15.0 Å². The van der Waals surface area contributed by atoms with Gasteiger partial charge in [-0.1, -0.05) is 41.5 Å². The Morgan fingerprint density at radius 1 is 0.413 bits per heavy atom. The van der Waals surface area contributed by atoms with Crippen molar-refractivity contribution in [1.82, 2.24) is 34.1 Å². The van der Waals surface area contributed by atoms with E-state index in [9.17, 15) is 0 Å². The molecular formula is C39H27N7. The van der Waals surface area contributed by atoms with E-state index >= 15 is 0 Å². The Bertz CT molecular complexity index is 2450. The van der Waals surface area contributed by atoms with Crippen molar-refractivity contribution in [3.05, 3.63) is 139 Å². The van der Waals surface area contributed by atoms with Gasteiger partial charge in [0.1, 0.15) is 11.6 Å². The average molecular weight is 594 g/mol. The predicted octanol–water partition coefficient (Wildman–Crippen LogP) is 8.81. The van der Waals surface area contributed by atoms with Crippen LogP contribution >= 0.6 is 0 Å². The molecular weight excluding hydrogens is 566 g/mol. The van der Waals surface area contributed by atoms with E-state index in [1.807, 2.05) is 91.5 Å². The molecule has 0 bridgehead atoms. The van der Waals surface area contributed by atoms with Gasteiger partial charge in [-0.05, 0) is 86.6 Å². The topological polar surface area (TPSA) is 74.3 Å². The van der Waals surface area contributed by atoms with E-state index in [-0.39, 0.29) is 0 Å². The van der Waals surface area contributed by atoms with E-state index in [2.05, 4.69) is 69.3 Å². The number of aromatic nitrogens is 7. The van der Waals surface area contributed by atoms with Crippen molar-refractivity contribution in [2.24, 2.45) is 0 Å². The fourth-order valence-corrected chi connectivity index (χ4v) is 6.55. The minimum absolute atomic E-state index is 0.781. The summed E-state index contributed by atoms with van der Waals surface area (Å²) in [6.07, 6.45) is 7.53. The number of pyridine rings is 5. The first-order valence-electron chi connectivity index (χ1n) is 15.2. The third-order valence-corrected chi connectivity index (χ3v) is 8.65. The van der Waals surface area contributed by atoms with Crippen LogP contribution in [0.2, 0.25) is 0 Å². The molecule has 7 heterocycles. The van der Waals surface area contributed by atoms with Crippen LogP contribution in [-0.4, -0.2) is 34.1 Å². The Balaban J connectivity index is 1.15. The van der Waals surface area contributed by atoms with E-state index < -0.39 is 0 Å². The standard InChI is InChI=1S/C39H27N7/c1-24-12-14-34-26(20-24)28-22-40-18-16-36(28)45(34)38-10-4-8-32(43-38)30-6-3-7-31(42-30)33-9-5-11-39(44-33)46-35-15-13-25(2)21-27(35)29-23-41-19-17-37(29)46/h3-23H,1-2H3. The highest BCUT2D eigenvalue weighted by Gasteiger charge is 2.16. The number of rotatable bonds is 4. The summed E-state index contributed by atoms with van der Waals surface area (Å²) < 4.78 is 4.40. The number of hydrogen-bond donors (Lipinski definition) is 0. The highest BCUT2D eigenvalue weighted by molar-refractivity contribution is 6.10. The second-order valence-corrected chi connectivity index (χ2v) is 11.7. The van der Waals surface area contributed by atoms with Gasteiger partial charge < -0.3 is 0 Å². The number of benzene rings is 2. The summed E-state index contributed by atoms with van der Waals surface area (Å²) in [5.74, 6) is 1.66.